The van der Waals surface area contributed by atoms with Crippen molar-refractivity contribution in [2.75, 3.05) is 14.1 Å². The van der Waals surface area contributed by atoms with E-state index in [0.717, 1.165) is 0 Å². The highest BCUT2D eigenvalue weighted by atomic mass is 16.3. The quantitative estimate of drug-likeness (QED) is 0.574. The van der Waals surface area contributed by atoms with Gasteiger partial charge >= 0.3 is 0 Å². The third-order valence-electron chi connectivity index (χ3n) is 1.09. The molecule has 1 aromatic heterocycles. The Morgan fingerprint density at radius 3 is 2.80 bits per heavy atom. The Balaban J connectivity index is 2.78. The molecule has 1 radical (unpaired) electrons. The molecule has 0 fully saturated rings. The number of nitrogens with zero attached hydrogens (tertiary/aromatic N) is 1. The van der Waals surface area contributed by atoms with E-state index < -0.39 is 0 Å². The molecule has 10 heavy (non-hydrogen) atoms. The van der Waals surface area contributed by atoms with Crippen LogP contribution in [0.1, 0.15) is 10.6 Å². The van der Waals surface area contributed by atoms with E-state index in [2.05, 4.69) is 6.26 Å². The second-order valence-corrected chi connectivity index (χ2v) is 2.12. The van der Waals surface area contributed by atoms with Crippen molar-refractivity contribution in [2.45, 2.75) is 0 Å². The molecule has 53 valence electrons. The number of rotatable bonds is 1. The van der Waals surface area contributed by atoms with Crippen molar-refractivity contribution in [1.82, 2.24) is 4.90 Å². The highest BCUT2D eigenvalue weighted by molar-refractivity contribution is 5.90. The van der Waals surface area contributed by atoms with Gasteiger partial charge < -0.3 is 9.32 Å². The first kappa shape index (κ1) is 6.86. The smallest absolute Gasteiger partial charge is 0.289 e. The first-order valence-electron chi connectivity index (χ1n) is 2.89. The fraction of sp³-hybridized carbons (Fsp3) is 0.286. The molecule has 0 bridgehead atoms. The molecule has 1 heterocycles. The first-order valence-corrected chi connectivity index (χ1v) is 2.89. The molecule has 0 aliphatic carbocycles. The maximum Gasteiger partial charge on any atom is 0.289 e. The highest BCUT2D eigenvalue weighted by Crippen LogP contribution is 2.00. The van der Waals surface area contributed by atoms with Crippen LogP contribution >= 0.6 is 0 Å². The molecule has 0 unspecified atom stereocenters. The van der Waals surface area contributed by atoms with Crippen LogP contribution in [0.4, 0.5) is 0 Å². The van der Waals surface area contributed by atoms with Gasteiger partial charge in [0.05, 0.1) is 0 Å². The van der Waals surface area contributed by atoms with Gasteiger partial charge in [-0.25, -0.2) is 0 Å². The topological polar surface area (TPSA) is 33.5 Å². The summed E-state index contributed by atoms with van der Waals surface area (Å²) in [5.41, 5.74) is 0. The Labute approximate surface area is 59.2 Å². The van der Waals surface area contributed by atoms with Gasteiger partial charge in [-0.1, -0.05) is 0 Å². The number of hydrogen-bond donors (Lipinski definition) is 0. The van der Waals surface area contributed by atoms with Crippen molar-refractivity contribution in [1.29, 1.82) is 0 Å². The molecule has 0 aromatic carbocycles. The van der Waals surface area contributed by atoms with Gasteiger partial charge in [-0.3, -0.25) is 4.79 Å². The van der Waals surface area contributed by atoms with Crippen LogP contribution in [-0.4, -0.2) is 24.9 Å². The van der Waals surface area contributed by atoms with Crippen molar-refractivity contribution in [2.24, 2.45) is 0 Å². The van der Waals surface area contributed by atoms with Crippen LogP contribution in [0.15, 0.2) is 16.5 Å². The zero-order valence-corrected chi connectivity index (χ0v) is 5.92. The van der Waals surface area contributed by atoms with Gasteiger partial charge in [0.25, 0.3) is 5.91 Å². The summed E-state index contributed by atoms with van der Waals surface area (Å²) in [4.78, 5) is 12.5. The average molecular weight is 138 g/mol. The number of carbonyl (C=O) groups is 1. The molecule has 0 saturated heterocycles. The summed E-state index contributed by atoms with van der Waals surface area (Å²) in [6.45, 7) is 0. The monoisotopic (exact) mass is 138 g/mol. The second kappa shape index (κ2) is 2.56. The number of furan rings is 1. The Bertz CT molecular complexity index is 214. The van der Waals surface area contributed by atoms with Crippen molar-refractivity contribution in [3.05, 3.63) is 24.2 Å². The van der Waals surface area contributed by atoms with E-state index in [0.29, 0.717) is 5.76 Å². The largest absolute Gasteiger partial charge is 0.448 e. The Kier molecular flexibility index (Phi) is 1.76. The first-order chi connectivity index (χ1) is 4.72. The minimum atomic E-state index is -0.138. The lowest BCUT2D eigenvalue weighted by atomic mass is 10.4. The van der Waals surface area contributed by atoms with Gasteiger partial charge in [-0.05, 0) is 12.1 Å². The SMILES string of the molecule is CN(C)C(=O)c1cc[c]o1. The van der Waals surface area contributed by atoms with E-state index in [9.17, 15) is 4.79 Å². The van der Waals surface area contributed by atoms with E-state index in [4.69, 9.17) is 4.42 Å². The highest BCUT2D eigenvalue weighted by Gasteiger charge is 2.09. The zero-order valence-electron chi connectivity index (χ0n) is 5.92. The lowest BCUT2D eigenvalue weighted by Crippen LogP contribution is -2.20. The van der Waals surface area contributed by atoms with Crippen molar-refractivity contribution in [3.8, 4) is 0 Å². The number of amides is 1. The minimum absolute atomic E-state index is 0.138. The van der Waals surface area contributed by atoms with Gasteiger partial charge in [-0.15, -0.1) is 0 Å². The summed E-state index contributed by atoms with van der Waals surface area (Å²) in [6.07, 6.45) is 2.44. The molecular formula is C7H8NO2. The van der Waals surface area contributed by atoms with E-state index in [1.54, 1.807) is 26.2 Å². The van der Waals surface area contributed by atoms with Crippen LogP contribution in [0.25, 0.3) is 0 Å². The predicted molar refractivity (Wildman–Crippen MR) is 35.6 cm³/mol. The van der Waals surface area contributed by atoms with Gasteiger partial charge in [-0.2, -0.15) is 0 Å². The normalized spacial score (nSPS) is 9.40. The van der Waals surface area contributed by atoms with Gasteiger partial charge in [0.2, 0.25) is 0 Å². The average Bonchev–Trinajstić information content (AvgIpc) is 2.36. The van der Waals surface area contributed by atoms with Crippen LogP contribution in [0.5, 0.6) is 0 Å². The molecule has 0 N–H and O–H groups in total. The standard InChI is InChI=1S/C7H8NO2/c1-8(2)7(9)6-4-3-5-10-6/h3-4H,1-2H3. The van der Waals surface area contributed by atoms with E-state index in [1.165, 1.54) is 4.90 Å². The van der Waals surface area contributed by atoms with Gasteiger partial charge in [0.1, 0.15) is 0 Å². The van der Waals surface area contributed by atoms with Crippen LogP contribution < -0.4 is 0 Å². The van der Waals surface area contributed by atoms with E-state index >= 15 is 0 Å². The summed E-state index contributed by atoms with van der Waals surface area (Å²) >= 11 is 0. The molecule has 0 saturated carbocycles. The minimum Gasteiger partial charge on any atom is -0.448 e. The Morgan fingerprint density at radius 2 is 2.40 bits per heavy atom. The Hall–Kier alpha value is -1.25. The summed E-state index contributed by atoms with van der Waals surface area (Å²) in [7, 11) is 3.34. The maximum atomic E-state index is 11.0. The molecule has 0 atom stereocenters. The van der Waals surface area contributed by atoms with Crippen LogP contribution in [0.2, 0.25) is 0 Å². The third-order valence-corrected chi connectivity index (χ3v) is 1.09. The molecule has 3 heteroatoms. The fourth-order valence-electron chi connectivity index (χ4n) is 0.577. The number of hydrogen-bond acceptors (Lipinski definition) is 2. The molecule has 1 rings (SSSR count). The molecule has 1 aromatic rings. The third kappa shape index (κ3) is 1.18. The van der Waals surface area contributed by atoms with Gasteiger partial charge in [0.15, 0.2) is 12.0 Å². The van der Waals surface area contributed by atoms with Crippen LogP contribution in [0, 0.1) is 6.26 Å². The fourth-order valence-corrected chi connectivity index (χ4v) is 0.577. The maximum absolute atomic E-state index is 11.0. The molecule has 3 nitrogen and oxygen atoms in total. The summed E-state index contributed by atoms with van der Waals surface area (Å²) in [5, 5.41) is 0. The second-order valence-electron chi connectivity index (χ2n) is 2.12. The predicted octanol–water partition coefficient (Wildman–Crippen LogP) is 0.782. The summed E-state index contributed by atoms with van der Waals surface area (Å²) in [6, 6.07) is 3.15. The van der Waals surface area contributed by atoms with Crippen molar-refractivity contribution < 1.29 is 9.21 Å². The summed E-state index contributed by atoms with van der Waals surface area (Å²) in [5.74, 6) is 0.186. The molecule has 0 aliphatic rings. The van der Waals surface area contributed by atoms with Gasteiger partial charge in [0, 0.05) is 14.1 Å². The van der Waals surface area contributed by atoms with Crippen molar-refractivity contribution >= 4 is 5.91 Å². The molecule has 0 spiro atoms. The van der Waals surface area contributed by atoms with Crippen molar-refractivity contribution in [3.63, 3.8) is 0 Å². The molecular weight excluding hydrogens is 130 g/mol. The molecule has 0 aliphatic heterocycles. The zero-order chi connectivity index (χ0) is 7.56. The van der Waals surface area contributed by atoms with E-state index in [-0.39, 0.29) is 5.91 Å². The molecule has 1 amide bonds. The lowest BCUT2D eigenvalue weighted by Gasteiger charge is -2.05. The summed E-state index contributed by atoms with van der Waals surface area (Å²) < 4.78 is 4.74. The number of carbonyl (C=O) groups excluding carboxylic acids is 1. The van der Waals surface area contributed by atoms with Crippen LogP contribution in [-0.2, 0) is 0 Å². The van der Waals surface area contributed by atoms with Crippen LogP contribution in [0.3, 0.4) is 0 Å². The Morgan fingerprint density at radius 1 is 1.70 bits per heavy atom. The van der Waals surface area contributed by atoms with E-state index in [1.807, 2.05) is 0 Å². The lowest BCUT2D eigenvalue weighted by molar-refractivity contribution is 0.0796.